The highest BCUT2D eigenvalue weighted by atomic mass is 16.3. The van der Waals surface area contributed by atoms with E-state index in [0.29, 0.717) is 6.54 Å². The normalized spacial score (nSPS) is 14.8. The van der Waals surface area contributed by atoms with Gasteiger partial charge in [-0.2, -0.15) is 0 Å². The Morgan fingerprint density at radius 1 is 1.42 bits per heavy atom. The molecular weight excluding hydrogens is 154 g/mol. The number of unbranched alkanes of at least 4 members (excludes halogenated alkanes) is 1. The van der Waals surface area contributed by atoms with Crippen LogP contribution >= 0.6 is 0 Å². The Balaban J connectivity index is 3.37. The Hall–Kier alpha value is -0.120. The molecule has 0 amide bonds. The average Bonchev–Trinajstić information content (AvgIpc) is 1.95. The fourth-order valence-corrected chi connectivity index (χ4v) is 0.909. The van der Waals surface area contributed by atoms with Gasteiger partial charge in [0.25, 0.3) is 0 Å². The van der Waals surface area contributed by atoms with Crippen LogP contribution < -0.4 is 5.32 Å². The first kappa shape index (κ1) is 11.9. The van der Waals surface area contributed by atoms with Crippen molar-refractivity contribution in [2.45, 2.75) is 51.9 Å². The summed E-state index contributed by atoms with van der Waals surface area (Å²) in [6.45, 7) is 5.89. The van der Waals surface area contributed by atoms with Crippen molar-refractivity contribution < 1.29 is 10.2 Å². The Labute approximate surface area is 74.8 Å². The van der Waals surface area contributed by atoms with E-state index < -0.39 is 5.72 Å². The molecule has 0 rings (SSSR count). The monoisotopic (exact) mass is 175 g/mol. The van der Waals surface area contributed by atoms with E-state index >= 15 is 0 Å². The zero-order valence-corrected chi connectivity index (χ0v) is 8.30. The SMILES string of the molecule is CCCCC(O)CNC(C)(C)O. The molecule has 1 unspecified atom stereocenters. The minimum atomic E-state index is -0.882. The predicted molar refractivity (Wildman–Crippen MR) is 49.8 cm³/mol. The van der Waals surface area contributed by atoms with Gasteiger partial charge in [0.2, 0.25) is 0 Å². The molecule has 0 saturated carbocycles. The smallest absolute Gasteiger partial charge is 0.110 e. The molecule has 0 saturated heterocycles. The van der Waals surface area contributed by atoms with Crippen LogP contribution in [0, 0.1) is 0 Å². The van der Waals surface area contributed by atoms with Gasteiger partial charge in [0.15, 0.2) is 0 Å². The van der Waals surface area contributed by atoms with E-state index in [1.165, 1.54) is 0 Å². The summed E-state index contributed by atoms with van der Waals surface area (Å²) >= 11 is 0. The second-order valence-corrected chi connectivity index (χ2v) is 3.74. The van der Waals surface area contributed by atoms with E-state index in [0.717, 1.165) is 19.3 Å². The zero-order chi connectivity index (χ0) is 9.61. The summed E-state index contributed by atoms with van der Waals surface area (Å²) in [4.78, 5) is 0. The first-order valence-corrected chi connectivity index (χ1v) is 4.61. The molecule has 0 fully saturated rings. The summed E-state index contributed by atoms with van der Waals surface area (Å²) in [5, 5.41) is 21.5. The molecule has 1 atom stereocenters. The summed E-state index contributed by atoms with van der Waals surface area (Å²) in [6.07, 6.45) is 2.60. The molecule has 0 radical (unpaired) electrons. The van der Waals surface area contributed by atoms with Gasteiger partial charge in [-0.3, -0.25) is 5.32 Å². The minimum absolute atomic E-state index is 0.337. The summed E-state index contributed by atoms with van der Waals surface area (Å²) in [5.74, 6) is 0. The first-order chi connectivity index (χ1) is 5.45. The van der Waals surface area contributed by atoms with Gasteiger partial charge in [-0.25, -0.2) is 0 Å². The quantitative estimate of drug-likeness (QED) is 0.525. The van der Waals surface area contributed by atoms with Crippen LogP contribution in [-0.4, -0.2) is 28.6 Å². The van der Waals surface area contributed by atoms with Crippen LogP contribution in [0.1, 0.15) is 40.0 Å². The Morgan fingerprint density at radius 3 is 2.42 bits per heavy atom. The topological polar surface area (TPSA) is 52.5 Å². The van der Waals surface area contributed by atoms with Gasteiger partial charge >= 0.3 is 0 Å². The van der Waals surface area contributed by atoms with Crippen molar-refractivity contribution in [3.05, 3.63) is 0 Å². The lowest BCUT2D eigenvalue weighted by Gasteiger charge is -2.21. The van der Waals surface area contributed by atoms with Gasteiger partial charge < -0.3 is 10.2 Å². The van der Waals surface area contributed by atoms with E-state index in [9.17, 15) is 10.2 Å². The van der Waals surface area contributed by atoms with E-state index in [1.54, 1.807) is 13.8 Å². The number of aliphatic hydroxyl groups excluding tert-OH is 1. The number of rotatable bonds is 6. The summed E-state index contributed by atoms with van der Waals surface area (Å²) in [7, 11) is 0. The fraction of sp³-hybridized carbons (Fsp3) is 1.00. The Kier molecular flexibility index (Phi) is 5.46. The standard InChI is InChI=1S/C9H21NO2/c1-4-5-6-8(11)7-10-9(2,3)12/h8,10-12H,4-7H2,1-3H3. The molecular formula is C9H21NO2. The molecule has 0 bridgehead atoms. The Bertz CT molecular complexity index is 110. The second kappa shape index (κ2) is 5.51. The van der Waals surface area contributed by atoms with Crippen molar-refractivity contribution in [1.29, 1.82) is 0 Å². The summed E-state index contributed by atoms with van der Waals surface area (Å²) < 4.78 is 0. The third kappa shape index (κ3) is 7.98. The third-order valence-corrected chi connectivity index (χ3v) is 1.66. The van der Waals surface area contributed by atoms with Crippen LogP contribution in [0.15, 0.2) is 0 Å². The van der Waals surface area contributed by atoms with Crippen LogP contribution in [0.3, 0.4) is 0 Å². The van der Waals surface area contributed by atoms with Crippen LogP contribution in [0.25, 0.3) is 0 Å². The Morgan fingerprint density at radius 2 is 2.00 bits per heavy atom. The zero-order valence-electron chi connectivity index (χ0n) is 8.30. The molecule has 3 heteroatoms. The van der Waals surface area contributed by atoms with Crippen molar-refractivity contribution >= 4 is 0 Å². The number of nitrogens with one attached hydrogen (secondary N) is 1. The minimum Gasteiger partial charge on any atom is -0.392 e. The van der Waals surface area contributed by atoms with Crippen LogP contribution in [-0.2, 0) is 0 Å². The van der Waals surface area contributed by atoms with Gasteiger partial charge in [-0.1, -0.05) is 19.8 Å². The molecule has 0 aliphatic rings. The highest BCUT2D eigenvalue weighted by Crippen LogP contribution is 2.01. The van der Waals surface area contributed by atoms with E-state index in [4.69, 9.17) is 0 Å². The molecule has 0 aromatic carbocycles. The van der Waals surface area contributed by atoms with E-state index in [2.05, 4.69) is 12.2 Å². The van der Waals surface area contributed by atoms with Crippen LogP contribution in [0.5, 0.6) is 0 Å². The number of aliphatic hydroxyl groups is 2. The lowest BCUT2D eigenvalue weighted by Crippen LogP contribution is -2.43. The van der Waals surface area contributed by atoms with Gasteiger partial charge in [0.1, 0.15) is 5.72 Å². The van der Waals surface area contributed by atoms with Crippen LogP contribution in [0.2, 0.25) is 0 Å². The van der Waals surface area contributed by atoms with Gasteiger partial charge in [0, 0.05) is 6.54 Å². The van der Waals surface area contributed by atoms with Crippen molar-refractivity contribution in [1.82, 2.24) is 5.32 Å². The largest absolute Gasteiger partial charge is 0.392 e. The van der Waals surface area contributed by atoms with Gasteiger partial charge in [-0.05, 0) is 20.3 Å². The number of hydrogen-bond donors (Lipinski definition) is 3. The summed E-state index contributed by atoms with van der Waals surface area (Å²) in [6, 6.07) is 0. The lowest BCUT2D eigenvalue weighted by molar-refractivity contribution is 0.0266. The fourth-order valence-electron chi connectivity index (χ4n) is 0.909. The molecule has 0 aliphatic carbocycles. The molecule has 3 nitrogen and oxygen atoms in total. The molecule has 3 N–H and O–H groups in total. The lowest BCUT2D eigenvalue weighted by atomic mass is 10.1. The van der Waals surface area contributed by atoms with Crippen molar-refractivity contribution in [3.8, 4) is 0 Å². The summed E-state index contributed by atoms with van der Waals surface area (Å²) in [5.41, 5.74) is -0.882. The third-order valence-electron chi connectivity index (χ3n) is 1.66. The highest BCUT2D eigenvalue weighted by molar-refractivity contribution is 4.66. The highest BCUT2D eigenvalue weighted by Gasteiger charge is 2.12. The molecule has 0 aliphatic heterocycles. The molecule has 12 heavy (non-hydrogen) atoms. The first-order valence-electron chi connectivity index (χ1n) is 4.61. The maximum absolute atomic E-state index is 9.37. The number of hydrogen-bond acceptors (Lipinski definition) is 3. The van der Waals surface area contributed by atoms with Crippen molar-refractivity contribution in [3.63, 3.8) is 0 Å². The molecule has 0 aromatic rings. The average molecular weight is 175 g/mol. The van der Waals surface area contributed by atoms with Crippen molar-refractivity contribution in [2.75, 3.05) is 6.54 Å². The molecule has 0 aromatic heterocycles. The van der Waals surface area contributed by atoms with Crippen LogP contribution in [0.4, 0.5) is 0 Å². The maximum Gasteiger partial charge on any atom is 0.110 e. The van der Waals surface area contributed by atoms with Gasteiger partial charge in [-0.15, -0.1) is 0 Å². The second-order valence-electron chi connectivity index (χ2n) is 3.74. The maximum atomic E-state index is 9.37. The van der Waals surface area contributed by atoms with Gasteiger partial charge in [0.05, 0.1) is 6.10 Å². The van der Waals surface area contributed by atoms with Crippen molar-refractivity contribution in [2.24, 2.45) is 0 Å². The molecule has 0 heterocycles. The predicted octanol–water partition coefficient (Wildman–Crippen LogP) is 0.855. The van der Waals surface area contributed by atoms with E-state index in [1.807, 2.05) is 0 Å². The molecule has 74 valence electrons. The van der Waals surface area contributed by atoms with E-state index in [-0.39, 0.29) is 6.10 Å². The molecule has 0 spiro atoms.